The summed E-state index contributed by atoms with van der Waals surface area (Å²) in [5.41, 5.74) is 3.39. The summed E-state index contributed by atoms with van der Waals surface area (Å²) < 4.78 is 4.83. The van der Waals surface area contributed by atoms with Crippen molar-refractivity contribution >= 4 is 5.97 Å². The number of nitrogens with zero attached hydrogens (tertiary/aromatic N) is 2. The maximum atomic E-state index is 11.9. The van der Waals surface area contributed by atoms with Gasteiger partial charge in [0.15, 0.2) is 5.69 Å². The Balaban J connectivity index is 1.76. The van der Waals surface area contributed by atoms with Crippen LogP contribution in [0.15, 0.2) is 42.6 Å². The van der Waals surface area contributed by atoms with Crippen LogP contribution >= 0.6 is 0 Å². The summed E-state index contributed by atoms with van der Waals surface area (Å²) in [5, 5.41) is 3.56. The van der Waals surface area contributed by atoms with Crippen molar-refractivity contribution in [2.24, 2.45) is 0 Å². The summed E-state index contributed by atoms with van der Waals surface area (Å²) in [5.74, 6) is -0.413. The molecule has 1 N–H and O–H groups in total. The van der Waals surface area contributed by atoms with Gasteiger partial charge in [0, 0.05) is 43.5 Å². The smallest absolute Gasteiger partial charge is 0.357 e. The van der Waals surface area contributed by atoms with Crippen LogP contribution < -0.4 is 5.32 Å². The average Bonchev–Trinajstić information content (AvgIpc) is 2.61. The Morgan fingerprint density at radius 1 is 1.20 bits per heavy atom. The van der Waals surface area contributed by atoms with E-state index in [0.717, 1.165) is 30.8 Å². The molecule has 0 radical (unpaired) electrons. The molecule has 25 heavy (non-hydrogen) atoms. The molecule has 0 aliphatic carbocycles. The third kappa shape index (κ3) is 4.24. The molecule has 0 bridgehead atoms. The molecule has 1 aliphatic rings. The van der Waals surface area contributed by atoms with Crippen molar-refractivity contribution in [1.82, 2.24) is 15.2 Å². The van der Waals surface area contributed by atoms with Crippen LogP contribution in [0, 0.1) is 0 Å². The molecule has 0 saturated carbocycles. The number of aromatic nitrogens is 1. The Kier molecular flexibility index (Phi) is 5.46. The quantitative estimate of drug-likeness (QED) is 0.868. The van der Waals surface area contributed by atoms with E-state index in [1.54, 1.807) is 6.20 Å². The Labute approximate surface area is 149 Å². The lowest BCUT2D eigenvalue weighted by Gasteiger charge is -2.36. The van der Waals surface area contributed by atoms with Crippen LogP contribution in [0.2, 0.25) is 0 Å². The lowest BCUT2D eigenvalue weighted by atomic mass is 10.0. The van der Waals surface area contributed by atoms with Gasteiger partial charge < -0.3 is 10.1 Å². The first-order valence-corrected chi connectivity index (χ1v) is 8.68. The van der Waals surface area contributed by atoms with Gasteiger partial charge in [0.25, 0.3) is 0 Å². The summed E-state index contributed by atoms with van der Waals surface area (Å²) >= 11 is 0. The van der Waals surface area contributed by atoms with Gasteiger partial charge in [0.1, 0.15) is 0 Å². The summed E-state index contributed by atoms with van der Waals surface area (Å²) in [6.45, 7) is 7.50. The van der Waals surface area contributed by atoms with Crippen LogP contribution in [0.25, 0.3) is 11.1 Å². The van der Waals surface area contributed by atoms with Crippen LogP contribution in [-0.4, -0.2) is 48.1 Å². The minimum atomic E-state index is -0.413. The molecule has 2 atom stereocenters. The second-order valence-electron chi connectivity index (χ2n) is 6.75. The van der Waals surface area contributed by atoms with E-state index in [1.165, 1.54) is 12.7 Å². The number of benzene rings is 1. The number of piperazine rings is 1. The number of ether oxygens (including phenoxy) is 1. The average molecular weight is 339 g/mol. The van der Waals surface area contributed by atoms with Gasteiger partial charge in [-0.1, -0.05) is 30.3 Å². The van der Waals surface area contributed by atoms with Gasteiger partial charge in [-0.05, 0) is 31.0 Å². The molecular weight excluding hydrogens is 314 g/mol. The maximum Gasteiger partial charge on any atom is 0.357 e. The number of methoxy groups -OCH3 is 1. The minimum Gasteiger partial charge on any atom is -0.464 e. The second-order valence-corrected chi connectivity index (χ2v) is 6.75. The lowest BCUT2D eigenvalue weighted by Crippen LogP contribution is -2.53. The van der Waals surface area contributed by atoms with Crippen molar-refractivity contribution in [1.29, 1.82) is 0 Å². The van der Waals surface area contributed by atoms with Crippen LogP contribution in [0.3, 0.4) is 0 Å². The highest BCUT2D eigenvalue weighted by Gasteiger charge is 2.21. The van der Waals surface area contributed by atoms with Crippen LogP contribution in [0.4, 0.5) is 0 Å². The molecule has 2 aromatic rings. The highest BCUT2D eigenvalue weighted by Crippen LogP contribution is 2.23. The van der Waals surface area contributed by atoms with Crippen molar-refractivity contribution in [3.63, 3.8) is 0 Å². The monoisotopic (exact) mass is 339 g/mol. The molecule has 0 spiro atoms. The number of carbonyl (C=O) groups excluding carboxylic acids is 1. The fraction of sp³-hybridized carbons (Fsp3) is 0.400. The van der Waals surface area contributed by atoms with E-state index < -0.39 is 5.97 Å². The first-order valence-electron chi connectivity index (χ1n) is 8.68. The number of hydrogen-bond acceptors (Lipinski definition) is 5. The van der Waals surface area contributed by atoms with Crippen molar-refractivity contribution in [3.8, 4) is 11.1 Å². The highest BCUT2D eigenvalue weighted by molar-refractivity contribution is 5.95. The fourth-order valence-electron chi connectivity index (χ4n) is 3.51. The molecular formula is C20H25N3O2. The number of esters is 1. The van der Waals surface area contributed by atoms with Gasteiger partial charge in [-0.3, -0.25) is 4.90 Å². The summed E-state index contributed by atoms with van der Waals surface area (Å²) in [6.07, 6.45) is 1.61. The van der Waals surface area contributed by atoms with E-state index in [1.807, 2.05) is 24.3 Å². The van der Waals surface area contributed by atoms with E-state index in [0.29, 0.717) is 17.8 Å². The van der Waals surface area contributed by atoms with Crippen LogP contribution in [0.5, 0.6) is 0 Å². The van der Waals surface area contributed by atoms with Gasteiger partial charge in [-0.15, -0.1) is 0 Å². The Morgan fingerprint density at radius 2 is 1.88 bits per heavy atom. The minimum absolute atomic E-state index is 0.350. The molecule has 0 amide bonds. The van der Waals surface area contributed by atoms with Crippen molar-refractivity contribution < 1.29 is 9.53 Å². The summed E-state index contributed by atoms with van der Waals surface area (Å²) in [4.78, 5) is 18.5. The normalized spacial score (nSPS) is 21.1. The number of carbonyl (C=O) groups is 1. The topological polar surface area (TPSA) is 54.5 Å². The molecule has 1 aromatic heterocycles. The van der Waals surface area contributed by atoms with E-state index in [4.69, 9.17) is 4.74 Å². The lowest BCUT2D eigenvalue weighted by molar-refractivity contribution is 0.0595. The first-order chi connectivity index (χ1) is 12.1. The van der Waals surface area contributed by atoms with E-state index in [2.05, 4.69) is 41.2 Å². The zero-order valence-electron chi connectivity index (χ0n) is 15.0. The number of hydrogen-bond donors (Lipinski definition) is 1. The van der Waals surface area contributed by atoms with Gasteiger partial charge in [0.05, 0.1) is 7.11 Å². The molecule has 3 rings (SSSR count). The second kappa shape index (κ2) is 7.76. The zero-order chi connectivity index (χ0) is 17.8. The maximum absolute atomic E-state index is 11.9. The third-order valence-corrected chi connectivity index (χ3v) is 4.49. The van der Waals surface area contributed by atoms with E-state index in [-0.39, 0.29) is 0 Å². The molecule has 1 aromatic carbocycles. The first kappa shape index (κ1) is 17.6. The molecule has 1 aliphatic heterocycles. The van der Waals surface area contributed by atoms with Gasteiger partial charge in [-0.25, -0.2) is 9.78 Å². The predicted molar refractivity (Wildman–Crippen MR) is 98.3 cm³/mol. The van der Waals surface area contributed by atoms with Crippen molar-refractivity contribution in [2.45, 2.75) is 32.5 Å². The zero-order valence-corrected chi connectivity index (χ0v) is 15.0. The number of rotatable bonds is 4. The van der Waals surface area contributed by atoms with E-state index in [9.17, 15) is 4.79 Å². The summed E-state index contributed by atoms with van der Waals surface area (Å²) in [6, 6.07) is 13.1. The fourth-order valence-corrected chi connectivity index (χ4v) is 3.51. The van der Waals surface area contributed by atoms with Crippen LogP contribution in [-0.2, 0) is 11.3 Å². The molecule has 1 saturated heterocycles. The Morgan fingerprint density at radius 3 is 2.52 bits per heavy atom. The highest BCUT2D eigenvalue weighted by atomic mass is 16.5. The Hall–Kier alpha value is -2.24. The van der Waals surface area contributed by atoms with Crippen LogP contribution in [0.1, 0.15) is 29.9 Å². The molecule has 1 fully saturated rings. The van der Waals surface area contributed by atoms with Crippen molar-refractivity contribution in [2.75, 3.05) is 20.2 Å². The molecule has 132 valence electrons. The number of nitrogens with one attached hydrogen (secondary N) is 1. The Bertz CT molecular complexity index is 720. The third-order valence-electron chi connectivity index (χ3n) is 4.49. The molecule has 5 nitrogen and oxygen atoms in total. The predicted octanol–water partition coefficient (Wildman–Crippen LogP) is 2.72. The van der Waals surface area contributed by atoms with Gasteiger partial charge >= 0.3 is 5.97 Å². The van der Waals surface area contributed by atoms with Gasteiger partial charge in [0.2, 0.25) is 0 Å². The SMILES string of the molecule is COC(=O)c1ncccc1-c1ccc(CN2CC(C)N[C@@H](C)C2)cc1. The van der Waals surface area contributed by atoms with Gasteiger partial charge in [-0.2, -0.15) is 0 Å². The number of pyridine rings is 1. The van der Waals surface area contributed by atoms with E-state index >= 15 is 0 Å². The van der Waals surface area contributed by atoms with Crippen molar-refractivity contribution in [3.05, 3.63) is 53.9 Å². The molecule has 2 heterocycles. The molecule has 5 heteroatoms. The standard InChI is InChI=1S/C20H25N3O2/c1-14-11-23(12-15(2)22-14)13-16-6-8-17(9-7-16)18-5-4-10-21-19(18)20(24)25-3/h4-10,14-15,22H,11-13H2,1-3H3/t14-,15?/m0/s1. The largest absolute Gasteiger partial charge is 0.464 e. The molecule has 1 unspecified atom stereocenters. The summed E-state index contributed by atoms with van der Waals surface area (Å²) in [7, 11) is 1.37.